The summed E-state index contributed by atoms with van der Waals surface area (Å²) in [6, 6.07) is 1.34. The van der Waals surface area contributed by atoms with Gasteiger partial charge in [-0.3, -0.25) is 4.98 Å². The van der Waals surface area contributed by atoms with Gasteiger partial charge in [0.25, 0.3) is 0 Å². The number of nitrogens with zero attached hydrogens (tertiary/aromatic N) is 1. The first kappa shape index (κ1) is 12.1. The minimum absolute atomic E-state index is 0.521. The molecule has 1 aromatic rings. The second-order valence-corrected chi connectivity index (χ2v) is 6.26. The summed E-state index contributed by atoms with van der Waals surface area (Å²) >= 11 is 0. The van der Waals surface area contributed by atoms with Crippen LogP contribution in [-0.4, -0.2) is 24.9 Å². The van der Waals surface area contributed by atoms with Gasteiger partial charge < -0.3 is 5.73 Å². The minimum atomic E-state index is -3.12. The summed E-state index contributed by atoms with van der Waals surface area (Å²) < 4.78 is 22.7. The zero-order chi connectivity index (χ0) is 11.6. The molecule has 1 aromatic heterocycles. The fraction of sp³-hybridized carbons (Fsp3) is 0.500. The molecular weight excluding hydrogens is 212 g/mol. The van der Waals surface area contributed by atoms with Gasteiger partial charge in [0.15, 0.2) is 9.84 Å². The third-order valence-corrected chi connectivity index (χ3v) is 4.11. The molecule has 15 heavy (non-hydrogen) atoms. The normalized spacial score (nSPS) is 16.0. The molecular formula is C10H16N2O2S. The number of rotatable bonds is 3. The van der Waals surface area contributed by atoms with E-state index in [9.17, 15) is 8.42 Å². The van der Waals surface area contributed by atoms with E-state index in [4.69, 9.17) is 5.73 Å². The third kappa shape index (κ3) is 3.00. The highest BCUT2D eigenvalue weighted by Gasteiger charge is 2.24. The Morgan fingerprint density at radius 3 is 2.47 bits per heavy atom. The van der Waals surface area contributed by atoms with Crippen molar-refractivity contribution in [3.63, 3.8) is 0 Å². The maximum absolute atomic E-state index is 11.3. The van der Waals surface area contributed by atoms with Gasteiger partial charge in [0.1, 0.15) is 0 Å². The molecule has 4 nitrogen and oxygen atoms in total. The Balaban J connectivity index is 3.00. The molecule has 0 saturated carbocycles. The van der Waals surface area contributed by atoms with Gasteiger partial charge in [-0.1, -0.05) is 6.07 Å². The van der Waals surface area contributed by atoms with Crippen molar-refractivity contribution < 1.29 is 8.42 Å². The first-order valence-corrected chi connectivity index (χ1v) is 6.64. The predicted molar refractivity (Wildman–Crippen MR) is 60.2 cm³/mol. The monoisotopic (exact) mass is 228 g/mol. The maximum atomic E-state index is 11.3. The van der Waals surface area contributed by atoms with Crippen LogP contribution in [0.2, 0.25) is 0 Å². The summed E-state index contributed by atoms with van der Waals surface area (Å²) in [6.07, 6.45) is 4.52. The van der Waals surface area contributed by atoms with Crippen LogP contribution in [0.25, 0.3) is 0 Å². The molecule has 0 aliphatic carbocycles. The summed E-state index contributed by atoms with van der Waals surface area (Å²) in [7, 11) is -3.12. The maximum Gasteiger partial charge on any atom is 0.151 e. The molecule has 1 rings (SSSR count). The average molecular weight is 228 g/mol. The SMILES string of the molecule is Cc1cncc(C(N)C(C)S(C)(=O)=O)c1. The van der Waals surface area contributed by atoms with Crippen LogP contribution < -0.4 is 5.73 Å². The van der Waals surface area contributed by atoms with Crippen molar-refractivity contribution in [2.75, 3.05) is 6.26 Å². The lowest BCUT2D eigenvalue weighted by molar-refractivity contribution is 0.570. The Kier molecular flexibility index (Phi) is 3.46. The van der Waals surface area contributed by atoms with E-state index in [-0.39, 0.29) is 0 Å². The van der Waals surface area contributed by atoms with Crippen molar-refractivity contribution in [3.05, 3.63) is 29.6 Å². The number of hydrogen-bond acceptors (Lipinski definition) is 4. The lowest BCUT2D eigenvalue weighted by Crippen LogP contribution is -2.30. The molecule has 5 heteroatoms. The van der Waals surface area contributed by atoms with E-state index in [0.29, 0.717) is 0 Å². The van der Waals surface area contributed by atoms with Crippen LogP contribution in [0.1, 0.15) is 24.1 Å². The van der Waals surface area contributed by atoms with Crippen molar-refractivity contribution in [1.29, 1.82) is 0 Å². The second-order valence-electron chi connectivity index (χ2n) is 3.86. The first-order valence-electron chi connectivity index (χ1n) is 4.68. The molecule has 2 N–H and O–H groups in total. The molecule has 0 aliphatic rings. The predicted octanol–water partition coefficient (Wildman–Crippen LogP) is 0.823. The highest BCUT2D eigenvalue weighted by Crippen LogP contribution is 2.18. The number of aromatic nitrogens is 1. The number of sulfone groups is 1. The molecule has 0 aliphatic heterocycles. The summed E-state index contributed by atoms with van der Waals surface area (Å²) in [5, 5.41) is -0.596. The van der Waals surface area contributed by atoms with E-state index in [1.54, 1.807) is 19.3 Å². The molecule has 0 saturated heterocycles. The van der Waals surface area contributed by atoms with Gasteiger partial charge in [-0.25, -0.2) is 8.42 Å². The summed E-state index contributed by atoms with van der Waals surface area (Å²) in [5.41, 5.74) is 7.61. The van der Waals surface area contributed by atoms with Crippen molar-refractivity contribution in [1.82, 2.24) is 4.98 Å². The molecule has 0 radical (unpaired) electrons. The number of hydrogen-bond donors (Lipinski definition) is 1. The number of pyridine rings is 1. The van der Waals surface area contributed by atoms with Crippen LogP contribution >= 0.6 is 0 Å². The second kappa shape index (κ2) is 4.28. The summed E-state index contributed by atoms with van der Waals surface area (Å²) in [5.74, 6) is 0. The van der Waals surface area contributed by atoms with Gasteiger partial charge in [-0.15, -0.1) is 0 Å². The lowest BCUT2D eigenvalue weighted by Gasteiger charge is -2.18. The van der Waals surface area contributed by atoms with Crippen LogP contribution in [0.4, 0.5) is 0 Å². The standard InChI is InChI=1S/C10H16N2O2S/c1-7-4-9(6-12-5-7)10(11)8(2)15(3,13)14/h4-6,8,10H,11H2,1-3H3. The van der Waals surface area contributed by atoms with E-state index in [1.165, 1.54) is 6.26 Å². The number of nitrogens with two attached hydrogens (primary N) is 1. The van der Waals surface area contributed by atoms with E-state index in [2.05, 4.69) is 4.98 Å². The first-order chi connectivity index (χ1) is 6.82. The fourth-order valence-corrected chi connectivity index (χ4v) is 1.99. The Hall–Kier alpha value is -0.940. The molecule has 0 fully saturated rings. The third-order valence-electron chi connectivity index (χ3n) is 2.46. The molecule has 2 atom stereocenters. The quantitative estimate of drug-likeness (QED) is 0.831. The van der Waals surface area contributed by atoms with E-state index in [1.807, 2.05) is 13.0 Å². The van der Waals surface area contributed by atoms with Crippen LogP contribution in [0.3, 0.4) is 0 Å². The van der Waals surface area contributed by atoms with E-state index < -0.39 is 21.1 Å². The minimum Gasteiger partial charge on any atom is -0.323 e. The Morgan fingerprint density at radius 2 is 2.00 bits per heavy atom. The fourth-order valence-electron chi connectivity index (χ4n) is 1.30. The zero-order valence-electron chi connectivity index (χ0n) is 9.14. The number of aryl methyl sites for hydroxylation is 1. The van der Waals surface area contributed by atoms with Gasteiger partial charge in [0, 0.05) is 24.7 Å². The molecule has 0 spiro atoms. The molecule has 1 heterocycles. The summed E-state index contributed by atoms with van der Waals surface area (Å²) in [4.78, 5) is 3.99. The van der Waals surface area contributed by atoms with E-state index in [0.717, 1.165) is 11.1 Å². The lowest BCUT2D eigenvalue weighted by atomic mass is 10.1. The Bertz CT molecular complexity index is 442. The van der Waals surface area contributed by atoms with Crippen LogP contribution in [-0.2, 0) is 9.84 Å². The zero-order valence-corrected chi connectivity index (χ0v) is 9.95. The van der Waals surface area contributed by atoms with Crippen LogP contribution in [0.15, 0.2) is 18.5 Å². The van der Waals surface area contributed by atoms with E-state index >= 15 is 0 Å². The molecule has 84 valence electrons. The van der Waals surface area contributed by atoms with Gasteiger partial charge >= 0.3 is 0 Å². The largest absolute Gasteiger partial charge is 0.323 e. The van der Waals surface area contributed by atoms with Crippen molar-refractivity contribution >= 4 is 9.84 Å². The highest BCUT2D eigenvalue weighted by molar-refractivity contribution is 7.91. The van der Waals surface area contributed by atoms with Crippen LogP contribution in [0.5, 0.6) is 0 Å². The van der Waals surface area contributed by atoms with Crippen molar-refractivity contribution in [2.24, 2.45) is 5.73 Å². The van der Waals surface area contributed by atoms with Gasteiger partial charge in [0.2, 0.25) is 0 Å². The van der Waals surface area contributed by atoms with Gasteiger partial charge in [0.05, 0.1) is 5.25 Å². The molecule has 0 amide bonds. The van der Waals surface area contributed by atoms with Gasteiger partial charge in [-0.05, 0) is 25.0 Å². The average Bonchev–Trinajstić information content (AvgIpc) is 2.14. The smallest absolute Gasteiger partial charge is 0.151 e. The molecule has 0 bridgehead atoms. The van der Waals surface area contributed by atoms with Crippen molar-refractivity contribution in [3.8, 4) is 0 Å². The van der Waals surface area contributed by atoms with Crippen molar-refractivity contribution in [2.45, 2.75) is 25.1 Å². The molecule has 0 aromatic carbocycles. The summed E-state index contributed by atoms with van der Waals surface area (Å²) in [6.45, 7) is 3.51. The Labute approximate surface area is 90.4 Å². The topological polar surface area (TPSA) is 73.0 Å². The molecule has 2 unspecified atom stereocenters. The highest BCUT2D eigenvalue weighted by atomic mass is 32.2. The van der Waals surface area contributed by atoms with Crippen LogP contribution in [0, 0.1) is 6.92 Å². The Morgan fingerprint density at radius 1 is 1.40 bits per heavy atom. The van der Waals surface area contributed by atoms with Gasteiger partial charge in [-0.2, -0.15) is 0 Å².